The van der Waals surface area contributed by atoms with Crippen molar-refractivity contribution >= 4 is 11.8 Å². The molecule has 2 aliphatic rings. The molecule has 2 aromatic carbocycles. The second-order valence-corrected chi connectivity index (χ2v) is 9.34. The van der Waals surface area contributed by atoms with E-state index in [1.54, 1.807) is 6.20 Å². The molecule has 0 bridgehead atoms. The van der Waals surface area contributed by atoms with Crippen LogP contribution in [0.15, 0.2) is 79.0 Å². The summed E-state index contributed by atoms with van der Waals surface area (Å²) in [4.78, 5) is 35.2. The van der Waals surface area contributed by atoms with Gasteiger partial charge in [-0.25, -0.2) is 0 Å². The van der Waals surface area contributed by atoms with Crippen molar-refractivity contribution in [2.45, 2.75) is 32.5 Å². The number of carbonyl (C=O) groups excluding carboxylic acids is 2. The van der Waals surface area contributed by atoms with E-state index in [0.29, 0.717) is 50.4 Å². The molecule has 0 spiro atoms. The topological polar surface area (TPSA) is 71.3 Å². The van der Waals surface area contributed by atoms with Gasteiger partial charge >= 0.3 is 0 Å². The lowest BCUT2D eigenvalue weighted by molar-refractivity contribution is 0.0703. The molecule has 6 rings (SSSR count). The van der Waals surface area contributed by atoms with Crippen molar-refractivity contribution in [1.29, 1.82) is 0 Å². The van der Waals surface area contributed by atoms with Gasteiger partial charge < -0.3 is 9.80 Å². The molecule has 0 saturated carbocycles. The van der Waals surface area contributed by atoms with Gasteiger partial charge in [0.1, 0.15) is 0 Å². The molecule has 0 atom stereocenters. The maximum Gasteiger partial charge on any atom is 0.275 e. The van der Waals surface area contributed by atoms with Gasteiger partial charge in [-0.1, -0.05) is 48.5 Å². The van der Waals surface area contributed by atoms with Crippen LogP contribution < -0.4 is 0 Å². The second kappa shape index (κ2) is 9.41. The quantitative estimate of drug-likeness (QED) is 0.449. The van der Waals surface area contributed by atoms with E-state index in [1.165, 1.54) is 11.1 Å². The van der Waals surface area contributed by atoms with Crippen molar-refractivity contribution in [2.24, 2.45) is 0 Å². The summed E-state index contributed by atoms with van der Waals surface area (Å²) in [5.41, 5.74) is 6.33. The van der Waals surface area contributed by atoms with Gasteiger partial charge in [-0.2, -0.15) is 5.10 Å². The molecule has 2 aliphatic heterocycles. The Morgan fingerprint density at radius 3 is 2.28 bits per heavy atom. The summed E-state index contributed by atoms with van der Waals surface area (Å²) in [5.74, 6) is -0.0986. The molecular formula is C29H27N5O2. The van der Waals surface area contributed by atoms with Crippen LogP contribution in [-0.2, 0) is 32.5 Å². The van der Waals surface area contributed by atoms with Crippen LogP contribution in [0.25, 0.3) is 0 Å². The van der Waals surface area contributed by atoms with E-state index >= 15 is 0 Å². The van der Waals surface area contributed by atoms with E-state index in [9.17, 15) is 9.59 Å². The summed E-state index contributed by atoms with van der Waals surface area (Å²) in [6, 6.07) is 23.4. The molecule has 2 amide bonds. The van der Waals surface area contributed by atoms with Crippen molar-refractivity contribution in [2.75, 3.05) is 13.1 Å². The third-order valence-corrected chi connectivity index (χ3v) is 7.10. The molecule has 0 aliphatic carbocycles. The molecule has 7 nitrogen and oxygen atoms in total. The Hall–Kier alpha value is -4.26. The lowest BCUT2D eigenvalue weighted by atomic mass is 9.98. The van der Waals surface area contributed by atoms with Crippen molar-refractivity contribution in [3.8, 4) is 0 Å². The number of aromatic nitrogens is 3. The van der Waals surface area contributed by atoms with Gasteiger partial charge in [-0.3, -0.25) is 19.3 Å². The molecule has 0 unspecified atom stereocenters. The number of hydrogen-bond donors (Lipinski definition) is 0. The summed E-state index contributed by atoms with van der Waals surface area (Å²) in [6.07, 6.45) is 3.24. The number of rotatable bonds is 4. The molecular weight excluding hydrogens is 450 g/mol. The second-order valence-electron chi connectivity index (χ2n) is 9.34. The van der Waals surface area contributed by atoms with Crippen LogP contribution in [0.4, 0.5) is 0 Å². The number of fused-ring (bicyclic) bond motifs is 2. The standard InChI is InChI=1S/C29H27N5O2/c35-28(22-9-2-1-3-10-22)33-17-14-26-25(20-33)27(31-34(26)19-24-12-6-7-15-30-24)29(36)32-16-13-21-8-4-5-11-23(21)18-32/h1-12,15H,13-14,16-20H2. The van der Waals surface area contributed by atoms with Gasteiger partial charge in [0.25, 0.3) is 11.8 Å². The average Bonchev–Trinajstić information content (AvgIpc) is 3.30. The minimum atomic E-state index is -0.0745. The lowest BCUT2D eigenvalue weighted by Crippen LogP contribution is -2.39. The van der Waals surface area contributed by atoms with Crippen molar-refractivity contribution in [1.82, 2.24) is 24.6 Å². The van der Waals surface area contributed by atoms with Gasteiger partial charge in [0, 0.05) is 49.1 Å². The van der Waals surface area contributed by atoms with E-state index in [0.717, 1.165) is 23.4 Å². The molecule has 7 heteroatoms. The first-order chi connectivity index (χ1) is 17.7. The van der Waals surface area contributed by atoms with E-state index in [-0.39, 0.29) is 11.8 Å². The van der Waals surface area contributed by atoms with Crippen LogP contribution in [0, 0.1) is 0 Å². The van der Waals surface area contributed by atoms with Crippen molar-refractivity contribution < 1.29 is 9.59 Å². The first-order valence-corrected chi connectivity index (χ1v) is 12.4. The predicted molar refractivity (Wildman–Crippen MR) is 135 cm³/mol. The van der Waals surface area contributed by atoms with Gasteiger partial charge in [-0.05, 0) is 41.8 Å². The first-order valence-electron chi connectivity index (χ1n) is 12.4. The summed E-state index contributed by atoms with van der Waals surface area (Å²) in [7, 11) is 0. The largest absolute Gasteiger partial charge is 0.334 e. The predicted octanol–water partition coefficient (Wildman–Crippen LogP) is 3.72. The monoisotopic (exact) mass is 477 g/mol. The van der Waals surface area contributed by atoms with Gasteiger partial charge in [0.2, 0.25) is 0 Å². The molecule has 36 heavy (non-hydrogen) atoms. The average molecular weight is 478 g/mol. The summed E-state index contributed by atoms with van der Waals surface area (Å²) >= 11 is 0. The number of carbonyl (C=O) groups is 2. The Morgan fingerprint density at radius 1 is 0.750 bits per heavy atom. The highest BCUT2D eigenvalue weighted by atomic mass is 16.2. The number of nitrogens with zero attached hydrogens (tertiary/aromatic N) is 5. The zero-order valence-corrected chi connectivity index (χ0v) is 20.0. The Bertz CT molecular complexity index is 1410. The Morgan fingerprint density at radius 2 is 1.47 bits per heavy atom. The number of pyridine rings is 1. The van der Waals surface area contributed by atoms with Crippen LogP contribution in [0.5, 0.6) is 0 Å². The van der Waals surface area contributed by atoms with Crippen LogP contribution in [0.3, 0.4) is 0 Å². The third kappa shape index (κ3) is 4.17. The van der Waals surface area contributed by atoms with Gasteiger partial charge in [0.05, 0.1) is 18.8 Å². The third-order valence-electron chi connectivity index (χ3n) is 7.10. The fourth-order valence-corrected chi connectivity index (χ4v) is 5.19. The molecule has 4 aromatic rings. The molecule has 0 saturated heterocycles. The molecule has 2 aromatic heterocycles. The number of benzene rings is 2. The Kier molecular flexibility index (Phi) is 5.81. The molecule has 0 fully saturated rings. The van der Waals surface area contributed by atoms with E-state index < -0.39 is 0 Å². The first kappa shape index (κ1) is 22.2. The maximum atomic E-state index is 13.8. The van der Waals surface area contributed by atoms with Crippen LogP contribution in [0.1, 0.15) is 48.9 Å². The SMILES string of the molecule is O=C(c1ccccc1)N1CCc2c(c(C(=O)N3CCc4ccccc4C3)nn2Cc2ccccn2)C1. The normalized spacial score (nSPS) is 14.8. The summed E-state index contributed by atoms with van der Waals surface area (Å²) < 4.78 is 1.91. The summed E-state index contributed by atoms with van der Waals surface area (Å²) in [6.45, 7) is 2.68. The lowest BCUT2D eigenvalue weighted by Gasteiger charge is -2.30. The molecule has 0 N–H and O–H groups in total. The highest BCUT2D eigenvalue weighted by Gasteiger charge is 2.33. The fourth-order valence-electron chi connectivity index (χ4n) is 5.19. The molecule has 0 radical (unpaired) electrons. The Balaban J connectivity index is 1.33. The summed E-state index contributed by atoms with van der Waals surface area (Å²) in [5, 5.41) is 4.83. The zero-order chi connectivity index (χ0) is 24.5. The van der Waals surface area contributed by atoms with Crippen LogP contribution in [0.2, 0.25) is 0 Å². The number of hydrogen-bond acceptors (Lipinski definition) is 4. The zero-order valence-electron chi connectivity index (χ0n) is 20.0. The molecule has 180 valence electrons. The highest BCUT2D eigenvalue weighted by Crippen LogP contribution is 2.27. The van der Waals surface area contributed by atoms with E-state index in [2.05, 4.69) is 17.1 Å². The van der Waals surface area contributed by atoms with Crippen LogP contribution >= 0.6 is 0 Å². The minimum Gasteiger partial charge on any atom is -0.334 e. The van der Waals surface area contributed by atoms with Gasteiger partial charge in [0.15, 0.2) is 5.69 Å². The van der Waals surface area contributed by atoms with E-state index in [1.807, 2.05) is 75.1 Å². The highest BCUT2D eigenvalue weighted by molar-refractivity contribution is 5.96. The fraction of sp³-hybridized carbons (Fsp3) is 0.241. The van der Waals surface area contributed by atoms with Gasteiger partial charge in [-0.15, -0.1) is 0 Å². The molecule has 4 heterocycles. The van der Waals surface area contributed by atoms with Crippen molar-refractivity contribution in [3.05, 3.63) is 118 Å². The van der Waals surface area contributed by atoms with E-state index in [4.69, 9.17) is 5.10 Å². The Labute approximate surface area is 210 Å². The maximum absolute atomic E-state index is 13.8. The van der Waals surface area contributed by atoms with Crippen molar-refractivity contribution in [3.63, 3.8) is 0 Å². The number of amides is 2. The smallest absolute Gasteiger partial charge is 0.275 e. The minimum absolute atomic E-state index is 0.0241. The van der Waals surface area contributed by atoms with Crippen LogP contribution in [-0.4, -0.2) is 49.5 Å².